The van der Waals surface area contributed by atoms with Crippen molar-refractivity contribution in [3.05, 3.63) is 87.6 Å². The molecule has 8 heteroatoms. The summed E-state index contributed by atoms with van der Waals surface area (Å²) >= 11 is 0. The van der Waals surface area contributed by atoms with Crippen molar-refractivity contribution >= 4 is 5.91 Å². The smallest absolute Gasteiger partial charge is 0.276 e. The molecule has 3 aromatic rings. The molecule has 1 aliphatic rings. The first kappa shape index (κ1) is 25.9. The molecule has 0 saturated carbocycles. The number of rotatable bonds is 8. The number of amides is 1. The van der Waals surface area contributed by atoms with Gasteiger partial charge in [-0.3, -0.25) is 19.2 Å². The molecule has 0 bridgehead atoms. The van der Waals surface area contributed by atoms with Gasteiger partial charge in [0.1, 0.15) is 5.82 Å². The number of benzene rings is 2. The Morgan fingerprint density at radius 2 is 1.81 bits per heavy atom. The van der Waals surface area contributed by atoms with Gasteiger partial charge in [0.05, 0.1) is 30.5 Å². The lowest BCUT2D eigenvalue weighted by atomic mass is 10.2. The molecule has 1 atom stereocenters. The normalized spacial score (nSPS) is 17.1. The Morgan fingerprint density at radius 3 is 2.50 bits per heavy atom. The van der Waals surface area contributed by atoms with E-state index in [4.69, 9.17) is 4.74 Å². The summed E-state index contributed by atoms with van der Waals surface area (Å²) < 4.78 is 23.4. The Bertz CT molecular complexity index is 1250. The van der Waals surface area contributed by atoms with Crippen molar-refractivity contribution in [1.29, 1.82) is 0 Å². The van der Waals surface area contributed by atoms with E-state index in [1.54, 1.807) is 10.7 Å². The molecule has 1 amide bonds. The van der Waals surface area contributed by atoms with Crippen LogP contribution in [0.3, 0.4) is 0 Å². The second-order valence-corrected chi connectivity index (χ2v) is 9.97. The number of para-hydroxylation sites is 1. The SMILES string of the molecule is Cc1c(CN2CC(=O)N(CC(C)C)CC(OCc3cccc(F)c3)C2)c(=O)n(-c2ccccc2)n1C. The van der Waals surface area contributed by atoms with E-state index in [1.165, 1.54) is 12.1 Å². The van der Waals surface area contributed by atoms with E-state index in [1.807, 2.05) is 64.9 Å². The van der Waals surface area contributed by atoms with Crippen LogP contribution in [-0.4, -0.2) is 57.4 Å². The topological polar surface area (TPSA) is 59.7 Å². The predicted octanol–water partition coefficient (Wildman–Crippen LogP) is 3.51. The summed E-state index contributed by atoms with van der Waals surface area (Å²) in [6.07, 6.45) is -0.265. The van der Waals surface area contributed by atoms with Gasteiger partial charge in [-0.1, -0.05) is 44.2 Å². The molecule has 2 heterocycles. The van der Waals surface area contributed by atoms with Gasteiger partial charge < -0.3 is 9.64 Å². The minimum atomic E-state index is -0.301. The average molecular weight is 495 g/mol. The molecule has 192 valence electrons. The molecule has 1 fully saturated rings. The second-order valence-electron chi connectivity index (χ2n) is 9.97. The Balaban J connectivity index is 1.57. The maximum absolute atomic E-state index is 13.6. The molecule has 1 aromatic heterocycles. The van der Waals surface area contributed by atoms with Gasteiger partial charge in [0.25, 0.3) is 5.56 Å². The van der Waals surface area contributed by atoms with Crippen LogP contribution in [0.15, 0.2) is 59.4 Å². The predicted molar refractivity (Wildman–Crippen MR) is 137 cm³/mol. The third-order valence-electron chi connectivity index (χ3n) is 6.61. The van der Waals surface area contributed by atoms with Crippen molar-refractivity contribution in [2.24, 2.45) is 13.0 Å². The van der Waals surface area contributed by atoms with E-state index in [2.05, 4.69) is 13.8 Å². The Hall–Kier alpha value is -3.23. The van der Waals surface area contributed by atoms with Gasteiger partial charge in [-0.05, 0) is 42.7 Å². The summed E-state index contributed by atoms with van der Waals surface area (Å²) in [5.74, 6) is 0.0424. The van der Waals surface area contributed by atoms with Crippen LogP contribution in [0.4, 0.5) is 4.39 Å². The quantitative estimate of drug-likeness (QED) is 0.481. The van der Waals surface area contributed by atoms with Crippen LogP contribution in [0, 0.1) is 18.7 Å². The Labute approximate surface area is 211 Å². The van der Waals surface area contributed by atoms with Crippen molar-refractivity contribution in [3.8, 4) is 5.69 Å². The molecule has 0 radical (unpaired) electrons. The van der Waals surface area contributed by atoms with Crippen molar-refractivity contribution in [1.82, 2.24) is 19.2 Å². The lowest BCUT2D eigenvalue weighted by Gasteiger charge is -2.26. The standard InChI is InChI=1S/C28H35FN4O3/c1-20(2)14-32-16-25(36-19-22-9-8-10-23(29)13-22)15-31(18-27(32)34)17-26-21(3)30(4)33(28(26)35)24-11-6-5-7-12-24/h5-13,20,25H,14-19H2,1-4H3. The number of ether oxygens (including phenoxy) is 1. The van der Waals surface area contributed by atoms with Crippen molar-refractivity contribution < 1.29 is 13.9 Å². The molecule has 36 heavy (non-hydrogen) atoms. The van der Waals surface area contributed by atoms with Gasteiger partial charge in [0, 0.05) is 38.9 Å². The number of carbonyl (C=O) groups is 1. The Kier molecular flexibility index (Phi) is 8.06. The third-order valence-corrected chi connectivity index (χ3v) is 6.61. The number of aromatic nitrogens is 2. The van der Waals surface area contributed by atoms with Crippen LogP contribution in [0.25, 0.3) is 5.69 Å². The van der Waals surface area contributed by atoms with Crippen LogP contribution in [-0.2, 0) is 29.7 Å². The van der Waals surface area contributed by atoms with Crippen LogP contribution in [0.5, 0.6) is 0 Å². The van der Waals surface area contributed by atoms with Crippen LogP contribution >= 0.6 is 0 Å². The first-order valence-electron chi connectivity index (χ1n) is 12.4. The van der Waals surface area contributed by atoms with E-state index in [-0.39, 0.29) is 36.5 Å². The van der Waals surface area contributed by atoms with Gasteiger partial charge in [-0.2, -0.15) is 0 Å². The van der Waals surface area contributed by atoms with Gasteiger partial charge in [-0.15, -0.1) is 0 Å². The number of carbonyl (C=O) groups excluding carboxylic acids is 1. The molecule has 0 N–H and O–H groups in total. The van der Waals surface area contributed by atoms with E-state index in [0.717, 1.165) is 16.9 Å². The van der Waals surface area contributed by atoms with Crippen LogP contribution in [0.1, 0.15) is 30.7 Å². The summed E-state index contributed by atoms with van der Waals surface area (Å²) in [6, 6.07) is 15.9. The lowest BCUT2D eigenvalue weighted by Crippen LogP contribution is -2.40. The third kappa shape index (κ3) is 5.94. The molecule has 0 spiro atoms. The zero-order valence-electron chi connectivity index (χ0n) is 21.5. The van der Waals surface area contributed by atoms with Gasteiger partial charge >= 0.3 is 0 Å². The van der Waals surface area contributed by atoms with Gasteiger partial charge in [0.15, 0.2) is 0 Å². The van der Waals surface area contributed by atoms with Gasteiger partial charge in [0.2, 0.25) is 5.91 Å². The fraction of sp³-hybridized carbons (Fsp3) is 0.429. The first-order chi connectivity index (χ1) is 17.2. The largest absolute Gasteiger partial charge is 0.370 e. The highest BCUT2D eigenvalue weighted by Crippen LogP contribution is 2.17. The highest BCUT2D eigenvalue weighted by Gasteiger charge is 2.30. The highest BCUT2D eigenvalue weighted by molar-refractivity contribution is 5.78. The first-order valence-corrected chi connectivity index (χ1v) is 12.4. The summed E-state index contributed by atoms with van der Waals surface area (Å²) in [6.45, 7) is 8.50. The molecular formula is C28H35FN4O3. The van der Waals surface area contributed by atoms with Crippen LogP contribution < -0.4 is 5.56 Å². The summed E-state index contributed by atoms with van der Waals surface area (Å²) in [4.78, 5) is 30.5. The minimum absolute atomic E-state index is 0.0255. The molecule has 1 saturated heterocycles. The summed E-state index contributed by atoms with van der Waals surface area (Å²) in [5.41, 5.74) is 2.98. The number of nitrogens with zero attached hydrogens (tertiary/aromatic N) is 4. The maximum Gasteiger partial charge on any atom is 0.276 e. The van der Waals surface area contributed by atoms with Gasteiger partial charge in [-0.25, -0.2) is 9.07 Å². The van der Waals surface area contributed by atoms with Crippen molar-refractivity contribution in [2.45, 2.75) is 40.0 Å². The monoisotopic (exact) mass is 494 g/mol. The second kappa shape index (κ2) is 11.2. The van der Waals surface area contributed by atoms with Crippen molar-refractivity contribution in [3.63, 3.8) is 0 Å². The molecule has 0 aliphatic carbocycles. The molecular weight excluding hydrogens is 459 g/mol. The van der Waals surface area contributed by atoms with Crippen molar-refractivity contribution in [2.75, 3.05) is 26.2 Å². The number of halogens is 1. The fourth-order valence-corrected chi connectivity index (χ4v) is 4.76. The highest BCUT2D eigenvalue weighted by atomic mass is 19.1. The Morgan fingerprint density at radius 1 is 1.06 bits per heavy atom. The summed E-state index contributed by atoms with van der Waals surface area (Å²) in [5, 5.41) is 0. The van der Waals surface area contributed by atoms with E-state index >= 15 is 0 Å². The van der Waals surface area contributed by atoms with Crippen LogP contribution in [0.2, 0.25) is 0 Å². The lowest BCUT2D eigenvalue weighted by molar-refractivity contribution is -0.132. The number of hydrogen-bond donors (Lipinski definition) is 0. The zero-order chi connectivity index (χ0) is 25.8. The zero-order valence-corrected chi connectivity index (χ0v) is 21.5. The molecule has 1 aliphatic heterocycles. The van der Waals surface area contributed by atoms with E-state index in [9.17, 15) is 14.0 Å². The maximum atomic E-state index is 13.6. The average Bonchev–Trinajstić information content (AvgIpc) is 2.95. The van der Waals surface area contributed by atoms with E-state index < -0.39 is 0 Å². The summed E-state index contributed by atoms with van der Waals surface area (Å²) in [7, 11) is 1.87. The molecule has 2 aromatic carbocycles. The number of hydrogen-bond acceptors (Lipinski definition) is 4. The molecule has 4 rings (SSSR count). The minimum Gasteiger partial charge on any atom is -0.370 e. The van der Waals surface area contributed by atoms with E-state index in [0.29, 0.717) is 37.7 Å². The molecule has 7 nitrogen and oxygen atoms in total. The fourth-order valence-electron chi connectivity index (χ4n) is 4.76. The molecule has 1 unspecified atom stereocenters.